The maximum Gasteiger partial charge on any atom is 0.323 e. The summed E-state index contributed by atoms with van der Waals surface area (Å²) >= 11 is 0. The van der Waals surface area contributed by atoms with Crippen molar-refractivity contribution in [2.75, 3.05) is 49.4 Å². The van der Waals surface area contributed by atoms with E-state index in [2.05, 4.69) is 20.9 Å². The number of benzene rings is 2. The predicted molar refractivity (Wildman–Crippen MR) is 123 cm³/mol. The molecule has 3 amide bonds. The van der Waals surface area contributed by atoms with Crippen LogP contribution in [-0.2, 0) is 0 Å². The number of ether oxygens (including phenoxy) is 2. The van der Waals surface area contributed by atoms with Gasteiger partial charge in [-0.1, -0.05) is 6.92 Å². The number of hydrogen-bond acceptors (Lipinski definition) is 5. The number of rotatable bonds is 8. The third kappa shape index (κ3) is 5.81. The molecular formula is C23H30N4O4. The molecule has 31 heavy (non-hydrogen) atoms. The van der Waals surface area contributed by atoms with E-state index in [-0.39, 0.29) is 5.91 Å². The Morgan fingerprint density at radius 3 is 2.19 bits per heavy atom. The molecule has 0 bridgehead atoms. The number of amides is 3. The van der Waals surface area contributed by atoms with Crippen LogP contribution in [0.1, 0.15) is 36.5 Å². The highest BCUT2D eigenvalue weighted by molar-refractivity contribution is 6.04. The van der Waals surface area contributed by atoms with Gasteiger partial charge in [0.05, 0.1) is 19.8 Å². The van der Waals surface area contributed by atoms with Crippen LogP contribution >= 0.6 is 0 Å². The molecule has 0 aliphatic carbocycles. The lowest BCUT2D eigenvalue weighted by Gasteiger charge is -2.22. The molecular weight excluding hydrogens is 396 g/mol. The summed E-state index contributed by atoms with van der Waals surface area (Å²) in [5.41, 5.74) is 2.53. The lowest BCUT2D eigenvalue weighted by atomic mass is 10.1. The van der Waals surface area contributed by atoms with Crippen molar-refractivity contribution in [2.24, 2.45) is 0 Å². The van der Waals surface area contributed by atoms with Gasteiger partial charge in [0.1, 0.15) is 11.5 Å². The molecule has 3 N–H and O–H groups in total. The monoisotopic (exact) mass is 426 g/mol. The first-order chi connectivity index (χ1) is 15.0. The Morgan fingerprint density at radius 1 is 0.935 bits per heavy atom. The number of carbonyl (C=O) groups excluding carboxylic acids is 2. The van der Waals surface area contributed by atoms with Crippen LogP contribution in [0.5, 0.6) is 11.5 Å². The minimum absolute atomic E-state index is 0.134. The van der Waals surface area contributed by atoms with Gasteiger partial charge >= 0.3 is 6.03 Å². The summed E-state index contributed by atoms with van der Waals surface area (Å²) in [7, 11) is 3.09. The van der Waals surface area contributed by atoms with E-state index in [1.807, 2.05) is 19.1 Å². The number of urea groups is 1. The first kappa shape index (κ1) is 22.3. The van der Waals surface area contributed by atoms with Crippen molar-refractivity contribution in [1.29, 1.82) is 0 Å². The fraction of sp³-hybridized carbons (Fsp3) is 0.391. The number of anilines is 3. The van der Waals surface area contributed by atoms with Crippen LogP contribution in [0.4, 0.5) is 21.9 Å². The Kier molecular flexibility index (Phi) is 7.59. The van der Waals surface area contributed by atoms with Gasteiger partial charge in [-0.15, -0.1) is 0 Å². The third-order valence-electron chi connectivity index (χ3n) is 5.09. The second-order valence-electron chi connectivity index (χ2n) is 7.36. The van der Waals surface area contributed by atoms with Crippen molar-refractivity contribution >= 4 is 29.0 Å². The highest BCUT2D eigenvalue weighted by Gasteiger charge is 2.20. The van der Waals surface area contributed by atoms with Crippen molar-refractivity contribution in [2.45, 2.75) is 26.2 Å². The van der Waals surface area contributed by atoms with Crippen LogP contribution in [0, 0.1) is 0 Å². The molecule has 3 rings (SSSR count). The quantitative estimate of drug-likeness (QED) is 0.591. The Morgan fingerprint density at radius 2 is 1.58 bits per heavy atom. The van der Waals surface area contributed by atoms with Crippen molar-refractivity contribution in [3.8, 4) is 11.5 Å². The molecule has 2 aromatic carbocycles. The largest absolute Gasteiger partial charge is 0.497 e. The van der Waals surface area contributed by atoms with Crippen LogP contribution in [0.2, 0.25) is 0 Å². The molecule has 0 atom stereocenters. The van der Waals surface area contributed by atoms with Crippen LogP contribution < -0.4 is 30.3 Å². The first-order valence-corrected chi connectivity index (χ1v) is 10.5. The van der Waals surface area contributed by atoms with Gasteiger partial charge in [-0.3, -0.25) is 4.79 Å². The van der Waals surface area contributed by atoms with Crippen LogP contribution in [0.15, 0.2) is 36.4 Å². The lowest BCUT2D eigenvalue weighted by molar-refractivity contribution is 0.0954. The molecule has 1 heterocycles. The Balaban J connectivity index is 1.77. The maximum atomic E-state index is 12.8. The van der Waals surface area contributed by atoms with Crippen LogP contribution in [0.25, 0.3) is 0 Å². The molecule has 1 aliphatic rings. The summed E-state index contributed by atoms with van der Waals surface area (Å²) in [6, 6.07) is 10.1. The van der Waals surface area contributed by atoms with Crippen molar-refractivity contribution in [3.63, 3.8) is 0 Å². The van der Waals surface area contributed by atoms with Gasteiger partial charge in [-0.25, -0.2) is 4.79 Å². The summed E-state index contributed by atoms with van der Waals surface area (Å²) in [4.78, 5) is 27.5. The van der Waals surface area contributed by atoms with E-state index in [4.69, 9.17) is 9.47 Å². The smallest absolute Gasteiger partial charge is 0.323 e. The molecule has 1 fully saturated rings. The topological polar surface area (TPSA) is 91.9 Å². The van der Waals surface area contributed by atoms with Gasteiger partial charge in [-0.05, 0) is 37.5 Å². The zero-order valence-corrected chi connectivity index (χ0v) is 18.3. The molecule has 1 aliphatic heterocycles. The highest BCUT2D eigenvalue weighted by Crippen LogP contribution is 2.28. The summed E-state index contributed by atoms with van der Waals surface area (Å²) in [5.74, 6) is 1.00. The lowest BCUT2D eigenvalue weighted by Crippen LogP contribution is -2.28. The van der Waals surface area contributed by atoms with Crippen molar-refractivity contribution in [1.82, 2.24) is 5.32 Å². The second kappa shape index (κ2) is 10.6. The summed E-state index contributed by atoms with van der Waals surface area (Å²) < 4.78 is 10.5. The average Bonchev–Trinajstić information content (AvgIpc) is 3.31. The molecule has 166 valence electrons. The van der Waals surface area contributed by atoms with Gasteiger partial charge in [0.15, 0.2) is 0 Å². The number of carbonyl (C=O) groups is 2. The summed E-state index contributed by atoms with van der Waals surface area (Å²) in [6.45, 7) is 4.48. The SMILES string of the molecule is CCCNC(=O)c1cc(NC(=O)Nc2cc(OC)cc(OC)c2)ccc1N1CCCC1. The van der Waals surface area contributed by atoms with Crippen LogP contribution in [0.3, 0.4) is 0 Å². The fourth-order valence-corrected chi connectivity index (χ4v) is 3.54. The van der Waals surface area contributed by atoms with Gasteiger partial charge in [0, 0.05) is 54.9 Å². The van der Waals surface area contributed by atoms with Gasteiger partial charge in [0.2, 0.25) is 0 Å². The molecule has 0 saturated carbocycles. The first-order valence-electron chi connectivity index (χ1n) is 10.5. The van der Waals surface area contributed by atoms with Gasteiger partial charge in [-0.2, -0.15) is 0 Å². The minimum atomic E-state index is -0.427. The molecule has 1 saturated heterocycles. The highest BCUT2D eigenvalue weighted by atomic mass is 16.5. The minimum Gasteiger partial charge on any atom is -0.497 e. The van der Waals surface area contributed by atoms with Crippen LogP contribution in [-0.4, -0.2) is 45.8 Å². The number of nitrogens with zero attached hydrogens (tertiary/aromatic N) is 1. The fourth-order valence-electron chi connectivity index (χ4n) is 3.54. The molecule has 2 aromatic rings. The van der Waals surface area contributed by atoms with E-state index in [0.717, 1.165) is 38.0 Å². The zero-order valence-electron chi connectivity index (χ0n) is 18.3. The van der Waals surface area contributed by atoms with E-state index in [9.17, 15) is 9.59 Å². The molecule has 8 heteroatoms. The number of nitrogens with one attached hydrogen (secondary N) is 3. The Labute approximate surface area is 182 Å². The molecule has 0 aromatic heterocycles. The normalized spacial score (nSPS) is 12.9. The standard InChI is InChI=1S/C23H30N4O4/c1-4-9-24-22(28)20-14-16(7-8-21(20)27-10-5-6-11-27)25-23(29)26-17-12-18(30-2)15-19(13-17)31-3/h7-8,12-15H,4-6,9-11H2,1-3H3,(H,24,28)(H2,25,26,29). The van der Waals surface area contributed by atoms with Crippen molar-refractivity contribution in [3.05, 3.63) is 42.0 Å². The summed E-state index contributed by atoms with van der Waals surface area (Å²) in [6.07, 6.45) is 3.08. The second-order valence-corrected chi connectivity index (χ2v) is 7.36. The Hall–Kier alpha value is -3.42. The average molecular weight is 427 g/mol. The zero-order chi connectivity index (χ0) is 22.2. The van der Waals surface area contributed by atoms with E-state index in [1.165, 1.54) is 0 Å². The molecule has 0 spiro atoms. The Bertz CT molecular complexity index is 904. The predicted octanol–water partition coefficient (Wildman–Crippen LogP) is 4.09. The van der Waals surface area contributed by atoms with E-state index in [1.54, 1.807) is 38.5 Å². The van der Waals surface area contributed by atoms with E-state index in [0.29, 0.717) is 35.0 Å². The van der Waals surface area contributed by atoms with E-state index >= 15 is 0 Å². The maximum absolute atomic E-state index is 12.8. The van der Waals surface area contributed by atoms with Crippen molar-refractivity contribution < 1.29 is 19.1 Å². The summed E-state index contributed by atoms with van der Waals surface area (Å²) in [5, 5.41) is 8.51. The van der Waals surface area contributed by atoms with E-state index < -0.39 is 6.03 Å². The number of hydrogen-bond donors (Lipinski definition) is 3. The molecule has 8 nitrogen and oxygen atoms in total. The molecule has 0 radical (unpaired) electrons. The molecule has 0 unspecified atom stereocenters. The third-order valence-corrected chi connectivity index (χ3v) is 5.09. The van der Waals surface area contributed by atoms with Gasteiger partial charge < -0.3 is 30.3 Å². The number of methoxy groups -OCH3 is 2. The van der Waals surface area contributed by atoms with Gasteiger partial charge in [0.25, 0.3) is 5.91 Å².